The molecule has 1 aromatic carbocycles. The Morgan fingerprint density at radius 1 is 1.27 bits per heavy atom. The zero-order chi connectivity index (χ0) is 21.6. The van der Waals surface area contributed by atoms with Gasteiger partial charge in [0.15, 0.2) is 5.65 Å². The lowest BCUT2D eigenvalue weighted by Crippen LogP contribution is -2.22. The Kier molecular flexibility index (Phi) is 4.63. The number of fused-ring (bicyclic) bond motifs is 3. The fourth-order valence-corrected chi connectivity index (χ4v) is 3.56. The van der Waals surface area contributed by atoms with Crippen LogP contribution in [0.15, 0.2) is 35.3 Å². The van der Waals surface area contributed by atoms with Crippen molar-refractivity contribution in [3.63, 3.8) is 0 Å². The van der Waals surface area contributed by atoms with Gasteiger partial charge in [-0.25, -0.2) is 23.7 Å². The molecule has 30 heavy (non-hydrogen) atoms. The van der Waals surface area contributed by atoms with Gasteiger partial charge in [-0.15, -0.1) is 0 Å². The first-order valence-corrected chi connectivity index (χ1v) is 9.91. The second-order valence-electron chi connectivity index (χ2n) is 6.33. The van der Waals surface area contributed by atoms with Gasteiger partial charge in [-0.3, -0.25) is 9.29 Å². The van der Waals surface area contributed by atoms with Crippen LogP contribution in [-0.2, 0) is 16.8 Å². The molecule has 0 fully saturated rings. The summed E-state index contributed by atoms with van der Waals surface area (Å²) < 4.78 is 59.2. The number of ether oxygens (including phenoxy) is 1. The van der Waals surface area contributed by atoms with Gasteiger partial charge in [-0.1, -0.05) is 0 Å². The van der Waals surface area contributed by atoms with Crippen molar-refractivity contribution in [1.29, 1.82) is 0 Å². The van der Waals surface area contributed by atoms with Crippen molar-refractivity contribution in [3.8, 4) is 5.88 Å². The van der Waals surface area contributed by atoms with E-state index in [0.29, 0.717) is 22.3 Å². The third-order valence-corrected chi connectivity index (χ3v) is 4.88. The number of rotatable bonds is 5. The summed E-state index contributed by atoms with van der Waals surface area (Å²) in [6, 6.07) is 4.75. The summed E-state index contributed by atoms with van der Waals surface area (Å²) >= 11 is 0. The third kappa shape index (κ3) is 3.55. The summed E-state index contributed by atoms with van der Waals surface area (Å²) in [5, 5.41) is 5.29. The highest BCUT2D eigenvalue weighted by Crippen LogP contribution is 2.25. The molecule has 4 N–H and O–H groups in total. The molecule has 3 heterocycles. The Morgan fingerprint density at radius 2 is 1.97 bits per heavy atom. The van der Waals surface area contributed by atoms with Crippen molar-refractivity contribution in [2.24, 2.45) is 5.14 Å². The standard InChI is InChI=1S/C17H14F2N6O4S/c1-29-14-3-2-9-15-13(6-21-16(9)23-14)22-17(26)25(15)7-10-11(18)4-8(5-12(10)19)24-30(20,27)28/h2-6,24H,7H2,1H3,(H,22,26)(H2,20,27,28). The molecule has 0 aliphatic heterocycles. The van der Waals surface area contributed by atoms with Gasteiger partial charge >= 0.3 is 5.69 Å². The van der Waals surface area contributed by atoms with Crippen LogP contribution in [0.2, 0.25) is 0 Å². The van der Waals surface area contributed by atoms with Gasteiger partial charge in [0.25, 0.3) is 10.2 Å². The van der Waals surface area contributed by atoms with Crippen LogP contribution in [0.5, 0.6) is 5.88 Å². The van der Waals surface area contributed by atoms with Crippen LogP contribution in [0.25, 0.3) is 22.1 Å². The number of pyridine rings is 2. The number of anilines is 1. The second-order valence-corrected chi connectivity index (χ2v) is 7.62. The van der Waals surface area contributed by atoms with Crippen molar-refractivity contribution in [3.05, 3.63) is 58.1 Å². The largest absolute Gasteiger partial charge is 0.481 e. The molecule has 4 rings (SSSR count). The number of H-pyrrole nitrogens is 1. The fraction of sp³-hybridized carbons (Fsp3) is 0.118. The van der Waals surface area contributed by atoms with Gasteiger partial charge in [0.05, 0.1) is 36.6 Å². The van der Waals surface area contributed by atoms with Gasteiger partial charge in [0.2, 0.25) is 5.88 Å². The molecule has 0 bridgehead atoms. The molecule has 3 aromatic heterocycles. The highest BCUT2D eigenvalue weighted by molar-refractivity contribution is 7.90. The summed E-state index contributed by atoms with van der Waals surface area (Å²) in [5.74, 6) is -1.80. The van der Waals surface area contributed by atoms with Crippen molar-refractivity contribution < 1.29 is 21.9 Å². The molecule has 0 amide bonds. The predicted octanol–water partition coefficient (Wildman–Crippen LogP) is 1.22. The average molecular weight is 436 g/mol. The molecular weight excluding hydrogens is 422 g/mol. The quantitative estimate of drug-likeness (QED) is 0.429. The lowest BCUT2D eigenvalue weighted by molar-refractivity contribution is 0.399. The first kappa shape index (κ1) is 19.7. The van der Waals surface area contributed by atoms with Crippen molar-refractivity contribution in [2.45, 2.75) is 6.54 Å². The van der Waals surface area contributed by atoms with E-state index in [4.69, 9.17) is 9.88 Å². The number of nitrogens with two attached hydrogens (primary N) is 1. The van der Waals surface area contributed by atoms with Crippen LogP contribution in [-0.4, -0.2) is 35.0 Å². The minimum absolute atomic E-state index is 0.281. The van der Waals surface area contributed by atoms with Gasteiger partial charge in [0.1, 0.15) is 11.6 Å². The Labute approximate surface area is 167 Å². The molecule has 0 saturated carbocycles. The van der Waals surface area contributed by atoms with Crippen LogP contribution in [0.3, 0.4) is 0 Å². The first-order valence-electron chi connectivity index (χ1n) is 8.37. The zero-order valence-corrected chi connectivity index (χ0v) is 16.1. The van der Waals surface area contributed by atoms with E-state index >= 15 is 0 Å². The van der Waals surface area contributed by atoms with Gasteiger partial charge in [-0.05, 0) is 18.2 Å². The van der Waals surface area contributed by atoms with E-state index in [1.165, 1.54) is 13.3 Å². The lowest BCUT2D eigenvalue weighted by atomic mass is 10.1. The van der Waals surface area contributed by atoms with Crippen molar-refractivity contribution in [1.82, 2.24) is 19.5 Å². The Hall–Kier alpha value is -3.58. The maximum absolute atomic E-state index is 14.5. The number of methoxy groups -OCH3 is 1. The molecule has 13 heteroatoms. The topological polar surface area (TPSA) is 145 Å². The van der Waals surface area contributed by atoms with Crippen LogP contribution < -0.4 is 20.3 Å². The summed E-state index contributed by atoms with van der Waals surface area (Å²) in [6.45, 7) is -0.461. The number of benzene rings is 1. The smallest absolute Gasteiger partial charge is 0.326 e. The molecular formula is C17H14F2N6O4S. The monoisotopic (exact) mass is 436 g/mol. The highest BCUT2D eigenvalue weighted by atomic mass is 32.2. The summed E-state index contributed by atoms with van der Waals surface area (Å²) in [5.41, 5.74) is -0.444. The lowest BCUT2D eigenvalue weighted by Gasteiger charge is -2.11. The van der Waals surface area contributed by atoms with E-state index < -0.39 is 39.6 Å². The number of nitrogens with one attached hydrogen (secondary N) is 2. The minimum atomic E-state index is -4.21. The SMILES string of the molecule is COc1ccc2c(ncc3[nH]c(=O)n(Cc4c(F)cc(NS(N)(=O)=O)cc4F)c32)n1. The Balaban J connectivity index is 1.85. The normalized spacial score (nSPS) is 11.9. The minimum Gasteiger partial charge on any atom is -0.481 e. The molecule has 0 saturated heterocycles. The van der Waals surface area contributed by atoms with Crippen LogP contribution >= 0.6 is 0 Å². The number of imidazole rings is 1. The molecule has 0 atom stereocenters. The van der Waals surface area contributed by atoms with E-state index in [1.807, 2.05) is 0 Å². The molecule has 0 aliphatic rings. The zero-order valence-electron chi connectivity index (χ0n) is 15.3. The van der Waals surface area contributed by atoms with E-state index in [0.717, 1.165) is 16.7 Å². The highest BCUT2D eigenvalue weighted by Gasteiger charge is 2.18. The van der Waals surface area contributed by atoms with E-state index in [-0.39, 0.29) is 11.3 Å². The van der Waals surface area contributed by atoms with E-state index in [1.54, 1.807) is 16.9 Å². The van der Waals surface area contributed by atoms with Crippen molar-refractivity contribution in [2.75, 3.05) is 11.8 Å². The van der Waals surface area contributed by atoms with Crippen LogP contribution in [0.4, 0.5) is 14.5 Å². The van der Waals surface area contributed by atoms with Crippen LogP contribution in [0.1, 0.15) is 5.56 Å². The van der Waals surface area contributed by atoms with Gasteiger partial charge < -0.3 is 9.72 Å². The number of hydrogen-bond acceptors (Lipinski definition) is 6. The molecule has 0 aliphatic carbocycles. The summed E-state index contributed by atoms with van der Waals surface area (Å²) in [7, 11) is -2.76. The maximum atomic E-state index is 14.5. The average Bonchev–Trinajstić information content (AvgIpc) is 2.98. The number of halogens is 2. The summed E-state index contributed by atoms with van der Waals surface area (Å²) in [4.78, 5) is 23.4. The van der Waals surface area contributed by atoms with Gasteiger partial charge in [0, 0.05) is 17.0 Å². The summed E-state index contributed by atoms with van der Waals surface area (Å²) in [6.07, 6.45) is 1.38. The Morgan fingerprint density at radius 3 is 2.60 bits per heavy atom. The van der Waals surface area contributed by atoms with Crippen LogP contribution in [0, 0.1) is 11.6 Å². The number of hydrogen-bond donors (Lipinski definition) is 3. The first-order chi connectivity index (χ1) is 14.2. The Bertz CT molecular complexity index is 1440. The van der Waals surface area contributed by atoms with E-state index in [9.17, 15) is 22.0 Å². The van der Waals surface area contributed by atoms with Gasteiger partial charge in [-0.2, -0.15) is 13.4 Å². The molecule has 4 aromatic rings. The number of nitrogens with zero attached hydrogens (tertiary/aromatic N) is 3. The fourth-order valence-electron chi connectivity index (χ4n) is 3.11. The second kappa shape index (κ2) is 7.03. The molecule has 10 nitrogen and oxygen atoms in total. The molecule has 0 spiro atoms. The number of aromatic nitrogens is 4. The third-order valence-electron chi connectivity index (χ3n) is 4.36. The molecule has 0 radical (unpaired) electrons. The van der Waals surface area contributed by atoms with Crippen molar-refractivity contribution >= 4 is 38.0 Å². The molecule has 0 unspecified atom stereocenters. The predicted molar refractivity (Wildman–Crippen MR) is 104 cm³/mol. The maximum Gasteiger partial charge on any atom is 0.326 e. The van der Waals surface area contributed by atoms with E-state index in [2.05, 4.69) is 15.0 Å². The molecule has 156 valence electrons. The number of aromatic amines is 1.